The number of para-hydroxylation sites is 1. The molecule has 1 aliphatic heterocycles. The Morgan fingerprint density at radius 2 is 1.82 bits per heavy atom. The summed E-state index contributed by atoms with van der Waals surface area (Å²) in [5.74, 6) is 0.817. The van der Waals surface area contributed by atoms with Crippen molar-refractivity contribution in [1.82, 2.24) is 19.6 Å². The van der Waals surface area contributed by atoms with Gasteiger partial charge in [0.2, 0.25) is 5.88 Å². The molecule has 1 fully saturated rings. The Labute approximate surface area is 132 Å². The topological polar surface area (TPSA) is 33.5 Å². The van der Waals surface area contributed by atoms with Gasteiger partial charge in [-0.3, -0.25) is 4.90 Å². The van der Waals surface area contributed by atoms with Gasteiger partial charge in [-0.2, -0.15) is 5.10 Å². The number of benzene rings is 1. The standard InChI is InChI=1S/C17H24N4O/c1-15-14-17(21(18-15)16-6-4-3-5-7-16)22-13-12-20-10-8-19(2)9-11-20/h3-7,14H,8-13H2,1-2H3. The molecule has 0 spiro atoms. The molecule has 1 aromatic carbocycles. The van der Waals surface area contributed by atoms with E-state index in [-0.39, 0.29) is 0 Å². The number of likely N-dealkylation sites (N-methyl/N-ethyl adjacent to an activating group) is 1. The minimum Gasteiger partial charge on any atom is -0.476 e. The molecule has 5 heteroatoms. The highest BCUT2D eigenvalue weighted by Crippen LogP contribution is 2.19. The number of aromatic nitrogens is 2. The molecule has 0 unspecified atom stereocenters. The quantitative estimate of drug-likeness (QED) is 0.843. The summed E-state index contributed by atoms with van der Waals surface area (Å²) in [4.78, 5) is 4.82. The number of aryl methyl sites for hydroxylation is 1. The summed E-state index contributed by atoms with van der Waals surface area (Å²) in [6.07, 6.45) is 0. The molecule has 0 N–H and O–H groups in total. The summed E-state index contributed by atoms with van der Waals surface area (Å²) in [6, 6.07) is 12.1. The largest absolute Gasteiger partial charge is 0.476 e. The van der Waals surface area contributed by atoms with Crippen LogP contribution in [0.1, 0.15) is 5.69 Å². The molecular formula is C17H24N4O. The van der Waals surface area contributed by atoms with Crippen LogP contribution in [-0.4, -0.2) is 66.0 Å². The Morgan fingerprint density at radius 3 is 2.55 bits per heavy atom. The van der Waals surface area contributed by atoms with Gasteiger partial charge >= 0.3 is 0 Å². The van der Waals surface area contributed by atoms with Crippen LogP contribution in [0.25, 0.3) is 5.69 Å². The summed E-state index contributed by atoms with van der Waals surface area (Å²) in [5, 5.41) is 4.53. The molecule has 22 heavy (non-hydrogen) atoms. The summed E-state index contributed by atoms with van der Waals surface area (Å²) in [6.45, 7) is 8.18. The number of rotatable bonds is 5. The molecule has 5 nitrogen and oxygen atoms in total. The van der Waals surface area contributed by atoms with Crippen LogP contribution in [0.2, 0.25) is 0 Å². The molecule has 0 saturated carbocycles. The Hall–Kier alpha value is -1.85. The Kier molecular flexibility index (Phi) is 4.75. The zero-order chi connectivity index (χ0) is 15.4. The van der Waals surface area contributed by atoms with Crippen LogP contribution in [0, 0.1) is 6.92 Å². The van der Waals surface area contributed by atoms with Crippen molar-refractivity contribution < 1.29 is 4.74 Å². The fourth-order valence-corrected chi connectivity index (χ4v) is 2.68. The molecule has 0 aliphatic carbocycles. The van der Waals surface area contributed by atoms with Crippen molar-refractivity contribution in [3.63, 3.8) is 0 Å². The molecule has 1 saturated heterocycles. The van der Waals surface area contributed by atoms with Crippen LogP contribution >= 0.6 is 0 Å². The van der Waals surface area contributed by atoms with Crippen molar-refractivity contribution in [2.45, 2.75) is 6.92 Å². The van der Waals surface area contributed by atoms with E-state index in [0.717, 1.165) is 50.0 Å². The average molecular weight is 300 g/mol. The third kappa shape index (κ3) is 3.67. The van der Waals surface area contributed by atoms with Crippen molar-refractivity contribution in [3.05, 3.63) is 42.1 Å². The van der Waals surface area contributed by atoms with Crippen molar-refractivity contribution in [3.8, 4) is 11.6 Å². The average Bonchev–Trinajstić information content (AvgIpc) is 2.91. The van der Waals surface area contributed by atoms with Crippen LogP contribution in [0.3, 0.4) is 0 Å². The first kappa shape index (κ1) is 15.1. The van der Waals surface area contributed by atoms with Crippen LogP contribution in [0.15, 0.2) is 36.4 Å². The summed E-state index contributed by atoms with van der Waals surface area (Å²) in [5.41, 5.74) is 2.00. The van der Waals surface area contributed by atoms with E-state index in [2.05, 4.69) is 21.9 Å². The summed E-state index contributed by atoms with van der Waals surface area (Å²) < 4.78 is 7.86. The predicted octanol–water partition coefficient (Wildman–Crippen LogP) is 1.81. The van der Waals surface area contributed by atoms with Gasteiger partial charge in [-0.1, -0.05) is 18.2 Å². The number of hydrogen-bond donors (Lipinski definition) is 0. The first-order valence-corrected chi connectivity index (χ1v) is 7.88. The molecular weight excluding hydrogens is 276 g/mol. The summed E-state index contributed by atoms with van der Waals surface area (Å²) >= 11 is 0. The maximum Gasteiger partial charge on any atom is 0.216 e. The van der Waals surface area contributed by atoms with Crippen LogP contribution < -0.4 is 4.74 Å². The van der Waals surface area contributed by atoms with Gasteiger partial charge < -0.3 is 9.64 Å². The third-order valence-electron chi connectivity index (χ3n) is 4.05. The Bertz CT molecular complexity index is 588. The number of hydrogen-bond acceptors (Lipinski definition) is 4. The third-order valence-corrected chi connectivity index (χ3v) is 4.05. The summed E-state index contributed by atoms with van der Waals surface area (Å²) in [7, 11) is 2.18. The smallest absolute Gasteiger partial charge is 0.216 e. The van der Waals surface area contributed by atoms with Crippen molar-refractivity contribution in [2.24, 2.45) is 0 Å². The van der Waals surface area contributed by atoms with E-state index in [1.807, 2.05) is 48.0 Å². The van der Waals surface area contributed by atoms with E-state index in [0.29, 0.717) is 6.61 Å². The second-order valence-electron chi connectivity index (χ2n) is 5.86. The maximum atomic E-state index is 5.99. The maximum absolute atomic E-state index is 5.99. The second-order valence-corrected chi connectivity index (χ2v) is 5.86. The van der Waals surface area contributed by atoms with E-state index >= 15 is 0 Å². The lowest BCUT2D eigenvalue weighted by atomic mass is 10.3. The van der Waals surface area contributed by atoms with Crippen LogP contribution in [-0.2, 0) is 0 Å². The minimum absolute atomic E-state index is 0.696. The monoisotopic (exact) mass is 300 g/mol. The Morgan fingerprint density at radius 1 is 1.09 bits per heavy atom. The molecule has 0 atom stereocenters. The SMILES string of the molecule is Cc1cc(OCCN2CCN(C)CC2)n(-c2ccccc2)n1. The van der Waals surface area contributed by atoms with E-state index in [1.165, 1.54) is 0 Å². The van der Waals surface area contributed by atoms with Gasteiger partial charge in [0.25, 0.3) is 0 Å². The van der Waals surface area contributed by atoms with Gasteiger partial charge in [0.1, 0.15) is 6.61 Å². The first-order chi connectivity index (χ1) is 10.7. The molecule has 118 valence electrons. The van der Waals surface area contributed by atoms with Crippen molar-refractivity contribution in [2.75, 3.05) is 46.4 Å². The molecule has 0 radical (unpaired) electrons. The molecule has 3 rings (SSSR count). The fraction of sp³-hybridized carbons (Fsp3) is 0.471. The lowest BCUT2D eigenvalue weighted by molar-refractivity contribution is 0.131. The highest BCUT2D eigenvalue weighted by molar-refractivity contribution is 5.35. The van der Waals surface area contributed by atoms with Gasteiger partial charge in [0, 0.05) is 38.8 Å². The van der Waals surface area contributed by atoms with E-state index in [4.69, 9.17) is 4.74 Å². The fourth-order valence-electron chi connectivity index (χ4n) is 2.68. The van der Waals surface area contributed by atoms with Gasteiger partial charge in [0.15, 0.2) is 0 Å². The Balaban J connectivity index is 1.59. The van der Waals surface area contributed by atoms with Crippen molar-refractivity contribution >= 4 is 0 Å². The van der Waals surface area contributed by atoms with E-state index in [9.17, 15) is 0 Å². The van der Waals surface area contributed by atoms with Crippen LogP contribution in [0.5, 0.6) is 5.88 Å². The molecule has 2 heterocycles. The number of nitrogens with zero attached hydrogens (tertiary/aromatic N) is 4. The van der Waals surface area contributed by atoms with Gasteiger partial charge in [-0.05, 0) is 26.1 Å². The van der Waals surface area contributed by atoms with Crippen LogP contribution in [0.4, 0.5) is 0 Å². The molecule has 1 aliphatic rings. The second kappa shape index (κ2) is 6.94. The highest BCUT2D eigenvalue weighted by atomic mass is 16.5. The predicted molar refractivity (Wildman–Crippen MR) is 87.7 cm³/mol. The highest BCUT2D eigenvalue weighted by Gasteiger charge is 2.14. The van der Waals surface area contributed by atoms with E-state index < -0.39 is 0 Å². The van der Waals surface area contributed by atoms with Gasteiger partial charge in [-0.25, -0.2) is 4.68 Å². The zero-order valence-electron chi connectivity index (χ0n) is 13.4. The van der Waals surface area contributed by atoms with Crippen molar-refractivity contribution in [1.29, 1.82) is 0 Å². The lowest BCUT2D eigenvalue weighted by Gasteiger charge is -2.32. The first-order valence-electron chi connectivity index (χ1n) is 7.88. The van der Waals surface area contributed by atoms with Gasteiger partial charge in [0.05, 0.1) is 11.4 Å². The van der Waals surface area contributed by atoms with E-state index in [1.54, 1.807) is 0 Å². The number of ether oxygens (including phenoxy) is 1. The molecule has 1 aromatic heterocycles. The lowest BCUT2D eigenvalue weighted by Crippen LogP contribution is -2.45. The van der Waals surface area contributed by atoms with Gasteiger partial charge in [-0.15, -0.1) is 0 Å². The normalized spacial score (nSPS) is 16.8. The number of piperazine rings is 1. The molecule has 0 bridgehead atoms. The minimum atomic E-state index is 0.696. The zero-order valence-corrected chi connectivity index (χ0v) is 13.4. The molecule has 2 aromatic rings. The molecule has 0 amide bonds.